The molecule has 0 unspecified atom stereocenters. The van der Waals surface area contributed by atoms with Crippen LogP contribution in [0, 0.1) is 6.92 Å². The minimum Gasteiger partial charge on any atom is -0.379 e. The summed E-state index contributed by atoms with van der Waals surface area (Å²) >= 11 is 7.77. The molecule has 0 radical (unpaired) electrons. The number of nitrogens with zero attached hydrogens (tertiary/aromatic N) is 4. The fourth-order valence-corrected chi connectivity index (χ4v) is 5.77. The molecule has 0 aliphatic carbocycles. The third-order valence-electron chi connectivity index (χ3n) is 6.58. The van der Waals surface area contributed by atoms with Gasteiger partial charge in [0.25, 0.3) is 5.91 Å². The minimum absolute atomic E-state index is 0.193. The standard InChI is InChI=1S/C26H27ClN4O4S/c1-17-20(27)6-7-21-24(17)28-26(36-21)30(11-3-10-29-12-14-35-15-13-29)25(34)18-4-2-5-19(16-18)31-22(32)8-9-23(31)33/h2,4-7,16H,3,8-15H2,1H3. The number of fused-ring (bicyclic) bond motifs is 1. The quantitative estimate of drug-likeness (QED) is 0.427. The Balaban J connectivity index is 1.44. The van der Waals surface area contributed by atoms with Crippen LogP contribution in [-0.2, 0) is 14.3 Å². The zero-order valence-electron chi connectivity index (χ0n) is 20.0. The van der Waals surface area contributed by atoms with Gasteiger partial charge in [0.05, 0.1) is 29.1 Å². The summed E-state index contributed by atoms with van der Waals surface area (Å²) in [6.45, 7) is 6.46. The van der Waals surface area contributed by atoms with Gasteiger partial charge < -0.3 is 4.74 Å². The number of aryl methyl sites for hydroxylation is 1. The third kappa shape index (κ3) is 5.01. The number of aromatic nitrogens is 1. The monoisotopic (exact) mass is 526 g/mol. The summed E-state index contributed by atoms with van der Waals surface area (Å²) in [5.74, 6) is -0.711. The molecule has 188 valence electrons. The van der Waals surface area contributed by atoms with E-state index in [-0.39, 0.29) is 30.6 Å². The smallest absolute Gasteiger partial charge is 0.260 e. The number of ether oxygens (including phenoxy) is 1. The van der Waals surface area contributed by atoms with Crippen LogP contribution in [0.3, 0.4) is 0 Å². The molecular weight excluding hydrogens is 500 g/mol. The van der Waals surface area contributed by atoms with Crippen LogP contribution < -0.4 is 9.80 Å². The predicted octanol–water partition coefficient (Wildman–Crippen LogP) is 4.28. The molecule has 2 aromatic carbocycles. The Morgan fingerprint density at radius 2 is 1.89 bits per heavy atom. The van der Waals surface area contributed by atoms with Gasteiger partial charge in [-0.1, -0.05) is 29.0 Å². The van der Waals surface area contributed by atoms with E-state index >= 15 is 0 Å². The van der Waals surface area contributed by atoms with Crippen molar-refractivity contribution in [3.05, 3.63) is 52.5 Å². The van der Waals surface area contributed by atoms with Crippen molar-refractivity contribution in [3.8, 4) is 0 Å². The lowest BCUT2D eigenvalue weighted by Gasteiger charge is -2.28. The highest BCUT2D eigenvalue weighted by atomic mass is 35.5. The van der Waals surface area contributed by atoms with Gasteiger partial charge in [-0.25, -0.2) is 4.98 Å². The van der Waals surface area contributed by atoms with Gasteiger partial charge in [-0.2, -0.15) is 0 Å². The molecule has 1 aromatic heterocycles. The van der Waals surface area contributed by atoms with Crippen molar-refractivity contribution in [1.29, 1.82) is 0 Å². The van der Waals surface area contributed by atoms with E-state index < -0.39 is 0 Å². The molecular formula is C26H27ClN4O4S. The van der Waals surface area contributed by atoms with Crippen LogP contribution in [0.4, 0.5) is 10.8 Å². The number of imide groups is 1. The molecule has 2 saturated heterocycles. The van der Waals surface area contributed by atoms with Crippen molar-refractivity contribution >= 4 is 61.7 Å². The zero-order valence-corrected chi connectivity index (χ0v) is 21.6. The predicted molar refractivity (Wildman–Crippen MR) is 141 cm³/mol. The lowest BCUT2D eigenvalue weighted by molar-refractivity contribution is -0.121. The van der Waals surface area contributed by atoms with Crippen molar-refractivity contribution in [2.24, 2.45) is 0 Å². The van der Waals surface area contributed by atoms with Crippen LogP contribution in [0.5, 0.6) is 0 Å². The van der Waals surface area contributed by atoms with Gasteiger partial charge in [0.1, 0.15) is 0 Å². The molecule has 3 amide bonds. The van der Waals surface area contributed by atoms with Crippen molar-refractivity contribution < 1.29 is 19.1 Å². The first-order chi connectivity index (χ1) is 17.4. The van der Waals surface area contributed by atoms with Gasteiger partial charge in [0.15, 0.2) is 5.13 Å². The van der Waals surface area contributed by atoms with Gasteiger partial charge in [-0.15, -0.1) is 0 Å². The third-order valence-corrected chi connectivity index (χ3v) is 8.03. The second kappa shape index (κ2) is 10.6. The van der Waals surface area contributed by atoms with E-state index in [4.69, 9.17) is 21.3 Å². The van der Waals surface area contributed by atoms with Crippen LogP contribution >= 0.6 is 22.9 Å². The number of carbonyl (C=O) groups excluding carboxylic acids is 3. The second-order valence-electron chi connectivity index (χ2n) is 8.95. The normalized spacial score (nSPS) is 16.8. The maximum atomic E-state index is 13.8. The van der Waals surface area contributed by atoms with E-state index in [1.54, 1.807) is 29.2 Å². The maximum Gasteiger partial charge on any atom is 0.260 e. The van der Waals surface area contributed by atoms with Gasteiger partial charge in [-0.05, 0) is 49.2 Å². The largest absolute Gasteiger partial charge is 0.379 e. The number of hydrogen-bond donors (Lipinski definition) is 0. The average molecular weight is 527 g/mol. The van der Waals surface area contributed by atoms with Crippen LogP contribution in [0.1, 0.15) is 35.2 Å². The molecule has 3 aromatic rings. The van der Waals surface area contributed by atoms with Crippen molar-refractivity contribution in [2.75, 3.05) is 49.2 Å². The van der Waals surface area contributed by atoms with E-state index in [2.05, 4.69) is 4.90 Å². The SMILES string of the molecule is Cc1c(Cl)ccc2sc(N(CCCN3CCOCC3)C(=O)c3cccc(N4C(=O)CCC4=O)c3)nc12. The Morgan fingerprint density at radius 3 is 2.64 bits per heavy atom. The lowest BCUT2D eigenvalue weighted by atomic mass is 10.1. The van der Waals surface area contributed by atoms with Crippen LogP contribution in [0.25, 0.3) is 10.2 Å². The number of rotatable bonds is 7. The molecule has 8 nitrogen and oxygen atoms in total. The van der Waals surface area contributed by atoms with Crippen molar-refractivity contribution in [2.45, 2.75) is 26.2 Å². The average Bonchev–Trinajstić information content (AvgIpc) is 3.47. The number of halogens is 1. The zero-order chi connectivity index (χ0) is 25.2. The van der Waals surface area contributed by atoms with E-state index in [1.807, 2.05) is 19.1 Å². The first kappa shape index (κ1) is 24.8. The fourth-order valence-electron chi connectivity index (χ4n) is 4.56. The van der Waals surface area contributed by atoms with E-state index in [9.17, 15) is 14.4 Å². The van der Waals surface area contributed by atoms with Gasteiger partial charge in [-0.3, -0.25) is 29.1 Å². The topological polar surface area (TPSA) is 83.0 Å². The molecule has 2 aliphatic rings. The van der Waals surface area contributed by atoms with Gasteiger partial charge in [0.2, 0.25) is 11.8 Å². The molecule has 0 N–H and O–H groups in total. The summed E-state index contributed by atoms with van der Waals surface area (Å²) in [5, 5.41) is 1.23. The van der Waals surface area contributed by atoms with Crippen molar-refractivity contribution in [1.82, 2.24) is 9.88 Å². The number of carbonyl (C=O) groups is 3. The highest BCUT2D eigenvalue weighted by Crippen LogP contribution is 2.34. The molecule has 36 heavy (non-hydrogen) atoms. The number of morpholine rings is 1. The molecule has 0 bridgehead atoms. The van der Waals surface area contributed by atoms with Crippen LogP contribution in [-0.4, -0.2) is 67.0 Å². The summed E-state index contributed by atoms with van der Waals surface area (Å²) in [6.07, 6.45) is 1.15. The fraction of sp³-hybridized carbons (Fsp3) is 0.385. The number of hydrogen-bond acceptors (Lipinski definition) is 7. The minimum atomic E-state index is -0.245. The summed E-state index contributed by atoms with van der Waals surface area (Å²) in [4.78, 5) is 48.3. The molecule has 2 aliphatic heterocycles. The molecule has 0 saturated carbocycles. The van der Waals surface area contributed by atoms with Crippen molar-refractivity contribution in [3.63, 3.8) is 0 Å². The van der Waals surface area contributed by atoms with Gasteiger partial charge >= 0.3 is 0 Å². The number of anilines is 2. The number of thiazole rings is 1. The van der Waals surface area contributed by atoms with Crippen LogP contribution in [0.15, 0.2) is 36.4 Å². The van der Waals surface area contributed by atoms with E-state index in [1.165, 1.54) is 16.2 Å². The Labute approximate surface area is 218 Å². The van der Waals surface area contributed by atoms with E-state index in [0.717, 1.165) is 55.0 Å². The highest BCUT2D eigenvalue weighted by Gasteiger charge is 2.31. The highest BCUT2D eigenvalue weighted by molar-refractivity contribution is 7.22. The second-order valence-corrected chi connectivity index (χ2v) is 10.4. The summed E-state index contributed by atoms with van der Waals surface area (Å²) in [5.41, 5.74) is 2.50. The van der Waals surface area contributed by atoms with Gasteiger partial charge in [0, 0.05) is 49.6 Å². The molecule has 5 rings (SSSR count). The number of benzene rings is 2. The van der Waals surface area contributed by atoms with E-state index in [0.29, 0.717) is 27.9 Å². The molecule has 0 spiro atoms. The lowest BCUT2D eigenvalue weighted by Crippen LogP contribution is -2.39. The Bertz CT molecular complexity index is 1300. The molecule has 2 fully saturated rings. The Morgan fingerprint density at radius 1 is 1.14 bits per heavy atom. The molecule has 10 heteroatoms. The first-order valence-electron chi connectivity index (χ1n) is 12.1. The Hall–Kier alpha value is -2.85. The molecule has 3 heterocycles. The molecule has 0 atom stereocenters. The summed E-state index contributed by atoms with van der Waals surface area (Å²) < 4.78 is 6.40. The first-order valence-corrected chi connectivity index (χ1v) is 13.3. The number of amides is 3. The maximum absolute atomic E-state index is 13.8. The Kier molecular flexibility index (Phi) is 7.34. The summed E-state index contributed by atoms with van der Waals surface area (Å²) in [7, 11) is 0. The van der Waals surface area contributed by atoms with Crippen LogP contribution in [0.2, 0.25) is 5.02 Å². The summed E-state index contributed by atoms with van der Waals surface area (Å²) in [6, 6.07) is 10.5.